The average Bonchev–Trinajstić information content (AvgIpc) is 3.45. The van der Waals surface area contributed by atoms with Gasteiger partial charge >= 0.3 is 0 Å². The Bertz CT molecular complexity index is 1430. The molecule has 1 aromatic heterocycles. The Kier molecular flexibility index (Phi) is 6.69. The van der Waals surface area contributed by atoms with Crippen LogP contribution in [0.4, 0.5) is 10.3 Å². The topological polar surface area (TPSA) is 75.9 Å². The zero-order valence-electron chi connectivity index (χ0n) is 21.1. The third-order valence-electron chi connectivity index (χ3n) is 7.27. The number of benzene rings is 4. The van der Waals surface area contributed by atoms with E-state index in [4.69, 9.17) is 0 Å². The normalized spacial score (nSPS) is 17.2. The summed E-state index contributed by atoms with van der Waals surface area (Å²) in [5, 5.41) is 15.6. The van der Waals surface area contributed by atoms with Gasteiger partial charge in [0.2, 0.25) is 5.91 Å². The molecule has 7 nitrogen and oxygen atoms in total. The molecule has 1 saturated heterocycles. The molecule has 1 aliphatic rings. The number of rotatable bonds is 9. The second-order valence-electron chi connectivity index (χ2n) is 9.52. The van der Waals surface area contributed by atoms with Gasteiger partial charge in [-0.15, -0.1) is 0 Å². The van der Waals surface area contributed by atoms with Crippen LogP contribution in [0.1, 0.15) is 22.3 Å². The maximum absolute atomic E-state index is 14.7. The SMILES string of the molecule is O=C1[C@@H](NC(c2ccccc2)(c2ccccc2)c2ccccc2)[C@@H](CF)N1c1nnnn1Cc1ccccc1. The standard InChI is InChI=1S/C31H27FN6O/c32-21-27-28(29(39)38(27)30-34-35-36-37(30)22-23-13-5-1-6-14-23)33-31(24-15-7-2-8-16-24,25-17-9-3-10-18-25)26-19-11-4-12-20-26/h1-20,27-28,33H,21-22H2/t27-,28+/m1/s1. The molecule has 0 bridgehead atoms. The number of hydrogen-bond acceptors (Lipinski definition) is 5. The van der Waals surface area contributed by atoms with E-state index in [9.17, 15) is 9.18 Å². The van der Waals surface area contributed by atoms with Crippen LogP contribution in [0.25, 0.3) is 0 Å². The highest BCUT2D eigenvalue weighted by Crippen LogP contribution is 2.39. The number of anilines is 1. The molecule has 0 radical (unpaired) electrons. The minimum atomic E-state index is -0.903. The number of nitrogens with zero attached hydrogens (tertiary/aromatic N) is 5. The molecule has 0 saturated carbocycles. The van der Waals surface area contributed by atoms with Crippen molar-refractivity contribution >= 4 is 11.9 Å². The Hall–Kier alpha value is -4.69. The highest BCUT2D eigenvalue weighted by Gasteiger charge is 2.54. The zero-order chi connectivity index (χ0) is 26.7. The van der Waals surface area contributed by atoms with E-state index in [2.05, 4.69) is 20.8 Å². The molecule has 4 aromatic carbocycles. The van der Waals surface area contributed by atoms with Gasteiger partial charge in [0.25, 0.3) is 5.95 Å². The maximum atomic E-state index is 14.7. The van der Waals surface area contributed by atoms with E-state index in [1.54, 1.807) is 0 Å². The second-order valence-corrected chi connectivity index (χ2v) is 9.52. The molecule has 1 fully saturated rings. The Morgan fingerprint density at radius 1 is 0.744 bits per heavy atom. The summed E-state index contributed by atoms with van der Waals surface area (Å²) in [6.07, 6.45) is 0. The fourth-order valence-electron chi connectivity index (χ4n) is 5.39. The van der Waals surface area contributed by atoms with Crippen molar-refractivity contribution < 1.29 is 9.18 Å². The number of hydrogen-bond donors (Lipinski definition) is 1. The first-order valence-electron chi connectivity index (χ1n) is 12.9. The van der Waals surface area contributed by atoms with Crippen LogP contribution in [0.15, 0.2) is 121 Å². The van der Waals surface area contributed by atoms with Crippen molar-refractivity contribution in [1.29, 1.82) is 0 Å². The van der Waals surface area contributed by atoms with Crippen LogP contribution in [0.3, 0.4) is 0 Å². The number of alkyl halides is 1. The predicted molar refractivity (Wildman–Crippen MR) is 147 cm³/mol. The van der Waals surface area contributed by atoms with Gasteiger partial charge in [-0.2, -0.15) is 0 Å². The maximum Gasteiger partial charge on any atom is 0.253 e. The largest absolute Gasteiger partial charge is 0.287 e. The summed E-state index contributed by atoms with van der Waals surface area (Å²) in [7, 11) is 0. The van der Waals surface area contributed by atoms with E-state index < -0.39 is 24.3 Å². The third kappa shape index (κ3) is 4.38. The molecule has 0 aliphatic carbocycles. The molecule has 0 spiro atoms. The number of carbonyl (C=O) groups excluding carboxylic acids is 1. The van der Waals surface area contributed by atoms with E-state index in [-0.39, 0.29) is 11.9 Å². The molecular weight excluding hydrogens is 491 g/mol. The number of amides is 1. The predicted octanol–water partition coefficient (Wildman–Crippen LogP) is 4.36. The monoisotopic (exact) mass is 518 g/mol. The Balaban J connectivity index is 1.40. The lowest BCUT2D eigenvalue weighted by molar-refractivity contribution is -0.128. The number of carbonyl (C=O) groups is 1. The van der Waals surface area contributed by atoms with Crippen LogP contribution in [0, 0.1) is 0 Å². The zero-order valence-corrected chi connectivity index (χ0v) is 21.1. The molecule has 2 atom stereocenters. The first-order chi connectivity index (χ1) is 19.2. The molecule has 194 valence electrons. The number of nitrogens with one attached hydrogen (secondary N) is 1. The van der Waals surface area contributed by atoms with Gasteiger partial charge in [0.15, 0.2) is 0 Å². The van der Waals surface area contributed by atoms with E-state index in [1.165, 1.54) is 9.58 Å². The molecule has 0 unspecified atom stereocenters. The van der Waals surface area contributed by atoms with Crippen LogP contribution >= 0.6 is 0 Å². The number of β-lactam (4-membered cyclic amide) rings is 1. The number of halogens is 1. The van der Waals surface area contributed by atoms with Gasteiger partial charge in [-0.3, -0.25) is 15.0 Å². The van der Waals surface area contributed by atoms with Crippen LogP contribution in [0.5, 0.6) is 0 Å². The molecule has 6 rings (SSSR count). The highest BCUT2D eigenvalue weighted by molar-refractivity contribution is 6.04. The highest BCUT2D eigenvalue weighted by atomic mass is 19.1. The van der Waals surface area contributed by atoms with Crippen molar-refractivity contribution in [1.82, 2.24) is 25.5 Å². The molecule has 2 heterocycles. The Labute approximate surface area is 225 Å². The van der Waals surface area contributed by atoms with Gasteiger partial charge in [-0.25, -0.2) is 9.07 Å². The van der Waals surface area contributed by atoms with Gasteiger partial charge in [-0.1, -0.05) is 126 Å². The lowest BCUT2D eigenvalue weighted by atomic mass is 9.75. The minimum Gasteiger partial charge on any atom is -0.287 e. The van der Waals surface area contributed by atoms with Crippen molar-refractivity contribution in [2.45, 2.75) is 24.2 Å². The lowest BCUT2D eigenvalue weighted by Crippen LogP contribution is -2.74. The van der Waals surface area contributed by atoms with Crippen LogP contribution in [-0.2, 0) is 16.9 Å². The molecule has 1 amide bonds. The molecular formula is C31H27FN6O. The van der Waals surface area contributed by atoms with Gasteiger partial charge < -0.3 is 0 Å². The van der Waals surface area contributed by atoms with E-state index in [1.807, 2.05) is 121 Å². The summed E-state index contributed by atoms with van der Waals surface area (Å²) < 4.78 is 16.3. The quantitative estimate of drug-likeness (QED) is 0.232. The molecule has 1 aliphatic heterocycles. The fourth-order valence-corrected chi connectivity index (χ4v) is 5.39. The van der Waals surface area contributed by atoms with Gasteiger partial charge in [0.1, 0.15) is 12.7 Å². The summed E-state index contributed by atoms with van der Waals surface area (Å²) in [5.41, 5.74) is 2.90. The molecule has 8 heteroatoms. The van der Waals surface area contributed by atoms with Crippen molar-refractivity contribution in [3.63, 3.8) is 0 Å². The number of aromatic nitrogens is 4. The van der Waals surface area contributed by atoms with Gasteiger partial charge in [0, 0.05) is 0 Å². The van der Waals surface area contributed by atoms with Crippen molar-refractivity contribution in [3.05, 3.63) is 144 Å². The van der Waals surface area contributed by atoms with Crippen LogP contribution < -0.4 is 10.2 Å². The average molecular weight is 519 g/mol. The summed E-state index contributed by atoms with van der Waals surface area (Å²) in [6, 6.07) is 37.9. The summed E-state index contributed by atoms with van der Waals surface area (Å²) >= 11 is 0. The lowest BCUT2D eigenvalue weighted by Gasteiger charge is -2.49. The summed E-state index contributed by atoms with van der Waals surface area (Å²) in [5.74, 6) is -0.0526. The van der Waals surface area contributed by atoms with Crippen LogP contribution in [0.2, 0.25) is 0 Å². The van der Waals surface area contributed by atoms with Gasteiger partial charge in [0.05, 0.1) is 18.1 Å². The molecule has 1 N–H and O–H groups in total. The van der Waals surface area contributed by atoms with E-state index in [0.717, 1.165) is 22.3 Å². The van der Waals surface area contributed by atoms with E-state index >= 15 is 0 Å². The molecule has 5 aromatic rings. The first-order valence-corrected chi connectivity index (χ1v) is 12.9. The summed E-state index contributed by atoms with van der Waals surface area (Å²) in [6.45, 7) is -0.387. The van der Waals surface area contributed by atoms with Crippen molar-refractivity contribution in [2.24, 2.45) is 0 Å². The van der Waals surface area contributed by atoms with Crippen molar-refractivity contribution in [2.75, 3.05) is 11.6 Å². The smallest absolute Gasteiger partial charge is 0.253 e. The van der Waals surface area contributed by atoms with Gasteiger partial charge in [-0.05, 0) is 32.7 Å². The number of tetrazole rings is 1. The summed E-state index contributed by atoms with van der Waals surface area (Å²) in [4.78, 5) is 15.2. The van der Waals surface area contributed by atoms with E-state index in [0.29, 0.717) is 6.54 Å². The fraction of sp³-hybridized carbons (Fsp3) is 0.161. The third-order valence-corrected chi connectivity index (χ3v) is 7.27. The second kappa shape index (κ2) is 10.6. The van der Waals surface area contributed by atoms with Crippen molar-refractivity contribution in [3.8, 4) is 0 Å². The Morgan fingerprint density at radius 2 is 1.23 bits per heavy atom. The van der Waals surface area contributed by atoms with Crippen LogP contribution in [-0.4, -0.2) is 44.9 Å². The minimum absolute atomic E-state index is 0.231. The molecule has 39 heavy (non-hydrogen) atoms. The first kappa shape index (κ1) is 24.6. The Morgan fingerprint density at radius 3 is 1.72 bits per heavy atom.